The maximum atomic E-state index is 11.1. The molecule has 0 aromatic rings. The van der Waals surface area contributed by atoms with Crippen molar-refractivity contribution in [2.75, 3.05) is 0 Å². The van der Waals surface area contributed by atoms with Crippen molar-refractivity contribution >= 4 is 6.09 Å². The van der Waals surface area contributed by atoms with Crippen LogP contribution >= 0.6 is 0 Å². The molecule has 6 nitrogen and oxygen atoms in total. The molecule has 94 valence electrons. The zero-order chi connectivity index (χ0) is 13.0. The summed E-state index contributed by atoms with van der Waals surface area (Å²) in [4.78, 5) is 11.1. The summed E-state index contributed by atoms with van der Waals surface area (Å²) < 4.78 is 9.86. The van der Waals surface area contributed by atoms with Crippen molar-refractivity contribution in [3.05, 3.63) is 0 Å². The standard InChI is InChI=1S/C10H20N2O4/c1-9(2,3)15-7(13)11-12-8(14)16-10(4,5)6/h7,13H,1-6H3/b12-11+. The van der Waals surface area contributed by atoms with E-state index in [1.807, 2.05) is 0 Å². The third kappa shape index (κ3) is 9.54. The van der Waals surface area contributed by atoms with E-state index in [0.717, 1.165) is 0 Å². The summed E-state index contributed by atoms with van der Waals surface area (Å²) in [5, 5.41) is 15.7. The second kappa shape index (κ2) is 5.36. The van der Waals surface area contributed by atoms with Gasteiger partial charge in [0, 0.05) is 0 Å². The number of amides is 1. The summed E-state index contributed by atoms with van der Waals surface area (Å²) in [5.74, 6) is 0. The van der Waals surface area contributed by atoms with Gasteiger partial charge in [-0.1, -0.05) is 5.11 Å². The number of carbonyl (C=O) groups is 1. The largest absolute Gasteiger partial charge is 0.452 e. The normalized spacial score (nSPS) is 15.2. The fourth-order valence-electron chi connectivity index (χ4n) is 0.719. The van der Waals surface area contributed by atoms with Gasteiger partial charge in [0.2, 0.25) is 0 Å². The molecule has 1 atom stereocenters. The molecule has 16 heavy (non-hydrogen) atoms. The van der Waals surface area contributed by atoms with Crippen molar-refractivity contribution < 1.29 is 19.4 Å². The van der Waals surface area contributed by atoms with Crippen LogP contribution in [0.4, 0.5) is 4.79 Å². The minimum atomic E-state index is -1.47. The van der Waals surface area contributed by atoms with Crippen LogP contribution in [0, 0.1) is 0 Å². The zero-order valence-electron chi connectivity index (χ0n) is 10.6. The van der Waals surface area contributed by atoms with Gasteiger partial charge in [-0.3, -0.25) is 0 Å². The Morgan fingerprint density at radius 1 is 1.12 bits per heavy atom. The molecular formula is C10H20N2O4. The molecule has 1 amide bonds. The van der Waals surface area contributed by atoms with Crippen LogP contribution in [0.25, 0.3) is 0 Å². The zero-order valence-corrected chi connectivity index (χ0v) is 10.6. The lowest BCUT2D eigenvalue weighted by Crippen LogP contribution is -2.26. The highest BCUT2D eigenvalue weighted by Crippen LogP contribution is 2.11. The van der Waals surface area contributed by atoms with Crippen molar-refractivity contribution in [3.8, 4) is 0 Å². The second-order valence-electron chi connectivity index (χ2n) is 5.25. The molecule has 0 saturated heterocycles. The summed E-state index contributed by atoms with van der Waals surface area (Å²) in [5.41, 5.74) is -1.20. The van der Waals surface area contributed by atoms with Crippen LogP contribution in [-0.2, 0) is 9.47 Å². The number of nitrogens with zero attached hydrogens (tertiary/aromatic N) is 2. The van der Waals surface area contributed by atoms with E-state index in [0.29, 0.717) is 0 Å². The number of hydrogen-bond acceptors (Lipinski definition) is 5. The number of carbonyl (C=O) groups excluding carboxylic acids is 1. The van der Waals surface area contributed by atoms with Crippen molar-refractivity contribution in [2.24, 2.45) is 10.2 Å². The predicted octanol–water partition coefficient (Wildman–Crippen LogP) is 2.46. The average molecular weight is 232 g/mol. The SMILES string of the molecule is CC(C)(C)OC(=O)/N=N/C(O)OC(C)(C)C. The highest BCUT2D eigenvalue weighted by Gasteiger charge is 2.18. The summed E-state index contributed by atoms with van der Waals surface area (Å²) in [6, 6.07) is 0. The van der Waals surface area contributed by atoms with Crippen molar-refractivity contribution in [1.29, 1.82) is 0 Å². The molecule has 1 N–H and O–H groups in total. The van der Waals surface area contributed by atoms with E-state index in [-0.39, 0.29) is 0 Å². The monoisotopic (exact) mass is 232 g/mol. The molecule has 0 aromatic carbocycles. The van der Waals surface area contributed by atoms with Gasteiger partial charge in [-0.2, -0.15) is 0 Å². The first-order valence-electron chi connectivity index (χ1n) is 4.99. The highest BCUT2D eigenvalue weighted by atomic mass is 16.6. The number of aliphatic hydroxyl groups is 1. The van der Waals surface area contributed by atoms with E-state index in [1.54, 1.807) is 41.5 Å². The topological polar surface area (TPSA) is 80.5 Å². The van der Waals surface area contributed by atoms with Gasteiger partial charge in [0.25, 0.3) is 6.41 Å². The molecule has 1 unspecified atom stereocenters. The Hall–Kier alpha value is -1.01. The summed E-state index contributed by atoms with van der Waals surface area (Å²) in [6.07, 6.45) is -2.32. The van der Waals surface area contributed by atoms with Crippen LogP contribution in [0.2, 0.25) is 0 Å². The number of rotatable bonds is 2. The Bertz CT molecular complexity index is 263. The second-order valence-corrected chi connectivity index (χ2v) is 5.25. The Labute approximate surface area is 95.7 Å². The molecule has 0 aromatic heterocycles. The number of azo groups is 1. The summed E-state index contributed by atoms with van der Waals surface area (Å²) >= 11 is 0. The molecule has 0 rings (SSSR count). The van der Waals surface area contributed by atoms with Crippen molar-refractivity contribution in [1.82, 2.24) is 0 Å². The smallest absolute Gasteiger partial charge is 0.441 e. The van der Waals surface area contributed by atoms with Crippen LogP contribution in [0.15, 0.2) is 10.2 Å². The third-order valence-electron chi connectivity index (χ3n) is 1.09. The molecular weight excluding hydrogens is 212 g/mol. The van der Waals surface area contributed by atoms with Gasteiger partial charge in [-0.15, -0.1) is 5.11 Å². The number of aliphatic hydroxyl groups excluding tert-OH is 1. The van der Waals surface area contributed by atoms with E-state index >= 15 is 0 Å². The minimum Gasteiger partial charge on any atom is -0.441 e. The quantitative estimate of drug-likeness (QED) is 0.585. The Balaban J connectivity index is 4.14. The molecule has 0 radical (unpaired) electrons. The maximum absolute atomic E-state index is 11.1. The van der Waals surface area contributed by atoms with Crippen LogP contribution in [0.3, 0.4) is 0 Å². The van der Waals surface area contributed by atoms with Crippen LogP contribution in [0.5, 0.6) is 0 Å². The third-order valence-corrected chi connectivity index (χ3v) is 1.09. The molecule has 0 fully saturated rings. The predicted molar refractivity (Wildman–Crippen MR) is 57.9 cm³/mol. The Morgan fingerprint density at radius 3 is 2.00 bits per heavy atom. The number of hydrogen-bond donors (Lipinski definition) is 1. The van der Waals surface area contributed by atoms with Gasteiger partial charge in [-0.05, 0) is 41.5 Å². The fourth-order valence-corrected chi connectivity index (χ4v) is 0.719. The van der Waals surface area contributed by atoms with Crippen molar-refractivity contribution in [2.45, 2.75) is 59.2 Å². The van der Waals surface area contributed by atoms with Gasteiger partial charge in [-0.25, -0.2) is 4.79 Å². The lowest BCUT2D eigenvalue weighted by Gasteiger charge is -2.20. The van der Waals surface area contributed by atoms with E-state index in [2.05, 4.69) is 10.2 Å². The van der Waals surface area contributed by atoms with Crippen LogP contribution in [-0.4, -0.2) is 28.8 Å². The lowest BCUT2D eigenvalue weighted by atomic mass is 10.2. The highest BCUT2D eigenvalue weighted by molar-refractivity contribution is 5.67. The van der Waals surface area contributed by atoms with Gasteiger partial charge < -0.3 is 14.6 Å². The summed E-state index contributed by atoms with van der Waals surface area (Å²) in [7, 11) is 0. The number of ether oxygens (including phenoxy) is 2. The van der Waals surface area contributed by atoms with E-state index in [9.17, 15) is 9.90 Å². The molecule has 0 spiro atoms. The molecule has 0 aliphatic rings. The first-order chi connectivity index (χ1) is 6.99. The van der Waals surface area contributed by atoms with Crippen LogP contribution in [0.1, 0.15) is 41.5 Å². The van der Waals surface area contributed by atoms with Crippen LogP contribution < -0.4 is 0 Å². The van der Waals surface area contributed by atoms with E-state index < -0.39 is 23.7 Å². The molecule has 0 aliphatic heterocycles. The summed E-state index contributed by atoms with van der Waals surface area (Å²) in [6.45, 7) is 10.4. The Morgan fingerprint density at radius 2 is 1.62 bits per heavy atom. The molecule has 0 heterocycles. The maximum Gasteiger partial charge on any atom is 0.452 e. The van der Waals surface area contributed by atoms with Gasteiger partial charge in [0.05, 0.1) is 5.60 Å². The van der Waals surface area contributed by atoms with Crippen molar-refractivity contribution in [3.63, 3.8) is 0 Å². The Kier molecular flexibility index (Phi) is 5.02. The first-order valence-corrected chi connectivity index (χ1v) is 4.99. The first kappa shape index (κ1) is 15.0. The van der Waals surface area contributed by atoms with Gasteiger partial charge in [0.15, 0.2) is 0 Å². The lowest BCUT2D eigenvalue weighted by molar-refractivity contribution is -0.163. The molecule has 0 bridgehead atoms. The molecule has 0 saturated carbocycles. The van der Waals surface area contributed by atoms with Gasteiger partial charge in [0.1, 0.15) is 5.60 Å². The average Bonchev–Trinajstić information content (AvgIpc) is 1.94. The van der Waals surface area contributed by atoms with E-state index in [4.69, 9.17) is 9.47 Å². The van der Waals surface area contributed by atoms with E-state index in [1.165, 1.54) is 0 Å². The molecule has 6 heteroatoms. The molecule has 0 aliphatic carbocycles. The van der Waals surface area contributed by atoms with Gasteiger partial charge >= 0.3 is 6.09 Å². The fraction of sp³-hybridized carbons (Fsp3) is 0.900. The minimum absolute atomic E-state index is 0.563.